The molecule has 0 radical (unpaired) electrons. The van der Waals surface area contributed by atoms with E-state index in [0.29, 0.717) is 11.1 Å². The summed E-state index contributed by atoms with van der Waals surface area (Å²) in [6.45, 7) is -3.07. The van der Waals surface area contributed by atoms with Crippen molar-refractivity contribution < 1.29 is 23.0 Å². The minimum absolute atomic E-state index is 0.0580. The first-order valence-corrected chi connectivity index (χ1v) is 5.68. The maximum atomic E-state index is 12.3. The van der Waals surface area contributed by atoms with Gasteiger partial charge in [-0.1, -0.05) is 6.07 Å². The molecule has 0 spiro atoms. The number of hydrogen-bond acceptors (Lipinski definition) is 4. The normalized spacial score (nSPS) is 10.1. The van der Waals surface area contributed by atoms with Crippen molar-refractivity contribution in [2.75, 3.05) is 7.11 Å². The van der Waals surface area contributed by atoms with Crippen LogP contribution in [0.3, 0.4) is 0 Å². The summed E-state index contributed by atoms with van der Waals surface area (Å²) in [5.41, 5.74) is 0.641. The molecule has 19 heavy (non-hydrogen) atoms. The lowest BCUT2D eigenvalue weighted by Gasteiger charge is -2.11. The smallest absolute Gasteiger partial charge is 0.387 e. The Kier molecular flexibility index (Phi) is 5.52. The van der Waals surface area contributed by atoms with Crippen LogP contribution in [0.1, 0.15) is 16.7 Å². The third-order valence-electron chi connectivity index (χ3n) is 2.29. The Morgan fingerprint density at radius 1 is 1.53 bits per heavy atom. The van der Waals surface area contributed by atoms with Crippen LogP contribution in [0.2, 0.25) is 0 Å². The zero-order valence-corrected chi connectivity index (χ0v) is 10.7. The number of rotatable bonds is 5. The van der Waals surface area contributed by atoms with Gasteiger partial charge in [-0.2, -0.15) is 14.0 Å². The van der Waals surface area contributed by atoms with Gasteiger partial charge in [-0.05, 0) is 17.2 Å². The maximum Gasteiger partial charge on any atom is 0.387 e. The first-order chi connectivity index (χ1) is 9.01. The predicted molar refractivity (Wildman–Crippen MR) is 63.1 cm³/mol. The first kappa shape index (κ1) is 15.2. The second-order valence-corrected chi connectivity index (χ2v) is 3.77. The number of halogens is 3. The summed E-state index contributed by atoms with van der Waals surface area (Å²) in [5.74, 6) is -0.889. The van der Waals surface area contributed by atoms with Crippen LogP contribution in [-0.2, 0) is 21.8 Å². The maximum absolute atomic E-state index is 12.3. The van der Waals surface area contributed by atoms with Gasteiger partial charge in [0.2, 0.25) is 0 Å². The van der Waals surface area contributed by atoms with Gasteiger partial charge in [0.05, 0.1) is 19.1 Å². The third kappa shape index (κ3) is 4.07. The molecule has 4 nitrogen and oxygen atoms in total. The van der Waals surface area contributed by atoms with E-state index < -0.39 is 12.6 Å². The fourth-order valence-corrected chi connectivity index (χ4v) is 1.71. The van der Waals surface area contributed by atoms with Gasteiger partial charge in [0.15, 0.2) is 0 Å². The van der Waals surface area contributed by atoms with Gasteiger partial charge < -0.3 is 9.47 Å². The highest BCUT2D eigenvalue weighted by molar-refractivity contribution is 6.17. The number of carbonyl (C=O) groups excluding carboxylic acids is 1. The summed E-state index contributed by atoms with van der Waals surface area (Å²) in [4.78, 5) is 11.2. The van der Waals surface area contributed by atoms with E-state index in [1.165, 1.54) is 19.2 Å². The number of benzene rings is 1. The summed E-state index contributed by atoms with van der Waals surface area (Å²) in [6.07, 6.45) is -0.119. The van der Waals surface area contributed by atoms with Gasteiger partial charge in [0, 0.05) is 5.88 Å². The summed E-state index contributed by atoms with van der Waals surface area (Å²) >= 11 is 5.65. The summed E-state index contributed by atoms with van der Waals surface area (Å²) < 4.78 is 33.3. The Labute approximate surface area is 113 Å². The second-order valence-electron chi connectivity index (χ2n) is 3.50. The Balaban J connectivity index is 3.22. The van der Waals surface area contributed by atoms with E-state index in [9.17, 15) is 13.6 Å². The molecular weight excluding hydrogens is 280 g/mol. The van der Waals surface area contributed by atoms with Gasteiger partial charge in [0.25, 0.3) is 0 Å². The predicted octanol–water partition coefficient (Wildman–Crippen LogP) is 2.61. The largest absolute Gasteiger partial charge is 0.469 e. The molecule has 1 rings (SSSR count). The Morgan fingerprint density at radius 3 is 2.68 bits per heavy atom. The lowest BCUT2D eigenvalue weighted by Crippen LogP contribution is -2.08. The molecule has 0 saturated carbocycles. The van der Waals surface area contributed by atoms with Crippen LogP contribution in [0.25, 0.3) is 0 Å². The molecule has 0 atom stereocenters. The molecule has 102 valence electrons. The number of alkyl halides is 3. The summed E-state index contributed by atoms with van der Waals surface area (Å²) in [5, 5.41) is 8.94. The van der Waals surface area contributed by atoms with Crippen molar-refractivity contribution in [2.45, 2.75) is 18.9 Å². The van der Waals surface area contributed by atoms with Gasteiger partial charge >= 0.3 is 12.6 Å². The average molecular weight is 290 g/mol. The molecule has 0 bridgehead atoms. The van der Waals surface area contributed by atoms with Crippen LogP contribution in [0.15, 0.2) is 12.1 Å². The van der Waals surface area contributed by atoms with Gasteiger partial charge in [-0.3, -0.25) is 4.79 Å². The molecule has 0 amide bonds. The molecule has 0 saturated heterocycles. The number of nitriles is 1. The molecule has 0 fully saturated rings. The molecule has 0 aliphatic heterocycles. The van der Waals surface area contributed by atoms with Crippen molar-refractivity contribution in [1.82, 2.24) is 0 Å². The molecule has 0 aromatic heterocycles. The van der Waals surface area contributed by atoms with Crippen LogP contribution in [0, 0.1) is 11.3 Å². The van der Waals surface area contributed by atoms with E-state index in [1.807, 2.05) is 0 Å². The fraction of sp³-hybridized carbons (Fsp3) is 0.333. The van der Waals surface area contributed by atoms with E-state index in [1.54, 1.807) is 6.07 Å². The minimum atomic E-state index is -3.07. The van der Waals surface area contributed by atoms with Crippen molar-refractivity contribution in [1.29, 1.82) is 5.26 Å². The quantitative estimate of drug-likeness (QED) is 0.617. The standard InChI is InChI=1S/C12H10ClF2NO3/c1-18-11(17)4-7-2-8(5-13)9(6-16)10(3-7)19-12(14)15/h2-3,12H,4-5H2,1H3. The monoisotopic (exact) mass is 289 g/mol. The molecule has 0 N–H and O–H groups in total. The lowest BCUT2D eigenvalue weighted by atomic mass is 10.0. The van der Waals surface area contributed by atoms with Crippen molar-refractivity contribution in [3.05, 3.63) is 28.8 Å². The Bertz CT molecular complexity index is 514. The highest BCUT2D eigenvalue weighted by Crippen LogP contribution is 2.27. The number of carbonyl (C=O) groups is 1. The van der Waals surface area contributed by atoms with Crippen molar-refractivity contribution in [2.24, 2.45) is 0 Å². The van der Waals surface area contributed by atoms with Crippen LogP contribution in [-0.4, -0.2) is 19.7 Å². The molecular formula is C12H10ClF2NO3. The average Bonchev–Trinajstić information content (AvgIpc) is 2.37. The number of ether oxygens (including phenoxy) is 2. The molecule has 7 heteroatoms. The molecule has 1 aromatic rings. The van der Waals surface area contributed by atoms with Gasteiger partial charge in [-0.25, -0.2) is 0 Å². The van der Waals surface area contributed by atoms with Gasteiger partial charge in [0.1, 0.15) is 11.8 Å². The highest BCUT2D eigenvalue weighted by atomic mass is 35.5. The number of hydrogen-bond donors (Lipinski definition) is 0. The van der Waals surface area contributed by atoms with Crippen LogP contribution >= 0.6 is 11.6 Å². The Morgan fingerprint density at radius 2 is 2.21 bits per heavy atom. The second kappa shape index (κ2) is 6.90. The third-order valence-corrected chi connectivity index (χ3v) is 2.58. The number of methoxy groups -OCH3 is 1. The number of nitrogens with zero attached hydrogens (tertiary/aromatic N) is 1. The van der Waals surface area contributed by atoms with E-state index in [-0.39, 0.29) is 23.6 Å². The molecule has 0 aliphatic carbocycles. The topological polar surface area (TPSA) is 59.3 Å². The van der Waals surface area contributed by atoms with E-state index in [0.717, 1.165) is 0 Å². The molecule has 0 unspecified atom stereocenters. The zero-order valence-electron chi connectivity index (χ0n) is 9.95. The van der Waals surface area contributed by atoms with Crippen molar-refractivity contribution >= 4 is 17.6 Å². The van der Waals surface area contributed by atoms with Crippen LogP contribution in [0.4, 0.5) is 8.78 Å². The summed E-state index contributed by atoms with van der Waals surface area (Å²) in [7, 11) is 1.21. The minimum Gasteiger partial charge on any atom is -0.469 e. The van der Waals surface area contributed by atoms with E-state index in [2.05, 4.69) is 9.47 Å². The molecule has 1 aromatic carbocycles. The fourth-order valence-electron chi connectivity index (χ4n) is 1.50. The zero-order chi connectivity index (χ0) is 14.4. The SMILES string of the molecule is COC(=O)Cc1cc(CCl)c(C#N)c(OC(F)F)c1. The van der Waals surface area contributed by atoms with Crippen molar-refractivity contribution in [3.63, 3.8) is 0 Å². The summed E-state index contributed by atoms with van der Waals surface area (Å²) in [6, 6.07) is 4.45. The van der Waals surface area contributed by atoms with Crippen LogP contribution in [0.5, 0.6) is 5.75 Å². The number of esters is 1. The van der Waals surface area contributed by atoms with Gasteiger partial charge in [-0.15, -0.1) is 11.6 Å². The van der Waals surface area contributed by atoms with E-state index >= 15 is 0 Å². The molecule has 0 aliphatic rings. The van der Waals surface area contributed by atoms with E-state index in [4.69, 9.17) is 16.9 Å². The van der Waals surface area contributed by atoms with Crippen LogP contribution < -0.4 is 4.74 Å². The van der Waals surface area contributed by atoms with Crippen molar-refractivity contribution in [3.8, 4) is 11.8 Å². The first-order valence-electron chi connectivity index (χ1n) is 5.15. The highest BCUT2D eigenvalue weighted by Gasteiger charge is 2.16. The lowest BCUT2D eigenvalue weighted by molar-refractivity contribution is -0.139. The Hall–Kier alpha value is -1.87. The molecule has 0 heterocycles.